The van der Waals surface area contributed by atoms with Crippen molar-refractivity contribution in [3.05, 3.63) is 53.4 Å². The molecule has 0 unspecified atom stereocenters. The van der Waals surface area contributed by atoms with Gasteiger partial charge >= 0.3 is 0 Å². The molecule has 1 N–H and O–H groups in total. The number of rotatable bonds is 5. The van der Waals surface area contributed by atoms with Gasteiger partial charge in [0.2, 0.25) is 0 Å². The number of anilines is 1. The molecule has 142 valence electrons. The Hall–Kier alpha value is -3.32. The molecule has 28 heavy (non-hydrogen) atoms. The molecule has 0 bridgehead atoms. The molecule has 0 saturated heterocycles. The number of nitrogens with one attached hydrogen (secondary N) is 1. The van der Waals surface area contributed by atoms with Gasteiger partial charge in [-0.1, -0.05) is 0 Å². The molecule has 0 aliphatic heterocycles. The highest BCUT2D eigenvalue weighted by Gasteiger charge is 2.15. The number of thiophene rings is 1. The van der Waals surface area contributed by atoms with E-state index in [1.807, 2.05) is 30.3 Å². The summed E-state index contributed by atoms with van der Waals surface area (Å²) in [5.74, 6) is 1.72. The Kier molecular flexibility index (Phi) is 4.75. The lowest BCUT2D eigenvalue weighted by atomic mass is 10.2. The summed E-state index contributed by atoms with van der Waals surface area (Å²) < 4.78 is 15.8. The van der Waals surface area contributed by atoms with Crippen LogP contribution in [0.2, 0.25) is 0 Å². The highest BCUT2D eigenvalue weighted by Crippen LogP contribution is 2.32. The minimum atomic E-state index is -0.226. The summed E-state index contributed by atoms with van der Waals surface area (Å²) >= 11 is 1.34. The molecule has 0 aliphatic rings. The van der Waals surface area contributed by atoms with Crippen LogP contribution in [-0.4, -0.2) is 32.2 Å². The van der Waals surface area contributed by atoms with Gasteiger partial charge < -0.3 is 19.5 Å². The third-order valence-electron chi connectivity index (χ3n) is 4.39. The van der Waals surface area contributed by atoms with Gasteiger partial charge in [-0.2, -0.15) is 0 Å². The minimum absolute atomic E-state index is 0.226. The van der Waals surface area contributed by atoms with Crippen molar-refractivity contribution in [3.63, 3.8) is 0 Å². The fourth-order valence-corrected chi connectivity index (χ4v) is 3.86. The number of aromatic nitrogens is 1. The Balaban J connectivity index is 1.69. The molecule has 4 rings (SSSR count). The summed E-state index contributed by atoms with van der Waals surface area (Å²) in [6.07, 6.45) is 0. The Morgan fingerprint density at radius 3 is 2.39 bits per heavy atom. The molecule has 0 aliphatic carbocycles. The molecule has 4 aromatic rings. The van der Waals surface area contributed by atoms with Crippen LogP contribution < -0.4 is 19.5 Å². The number of fused-ring (bicyclic) bond motifs is 2. The molecule has 1 amide bonds. The molecular weight excluding hydrogens is 376 g/mol. The van der Waals surface area contributed by atoms with Crippen molar-refractivity contribution in [2.24, 2.45) is 0 Å². The first-order valence-corrected chi connectivity index (χ1v) is 9.34. The predicted molar refractivity (Wildman–Crippen MR) is 111 cm³/mol. The minimum Gasteiger partial charge on any atom is -0.497 e. The number of ether oxygens (including phenoxy) is 3. The van der Waals surface area contributed by atoms with E-state index in [0.717, 1.165) is 26.9 Å². The van der Waals surface area contributed by atoms with Crippen molar-refractivity contribution >= 4 is 44.1 Å². The number of carbonyl (C=O) groups excluding carboxylic acids is 1. The summed E-state index contributed by atoms with van der Waals surface area (Å²) in [5.41, 5.74) is 1.38. The summed E-state index contributed by atoms with van der Waals surface area (Å²) in [7, 11) is 4.76. The zero-order valence-corrected chi connectivity index (χ0v) is 16.4. The monoisotopic (exact) mass is 394 g/mol. The summed E-state index contributed by atoms with van der Waals surface area (Å²) in [6.45, 7) is 0. The van der Waals surface area contributed by atoms with E-state index < -0.39 is 0 Å². The van der Waals surface area contributed by atoms with Crippen LogP contribution in [0.15, 0.2) is 48.5 Å². The van der Waals surface area contributed by atoms with E-state index in [1.54, 1.807) is 39.5 Å². The molecule has 0 fully saturated rings. The summed E-state index contributed by atoms with van der Waals surface area (Å²) in [6, 6.07) is 14.9. The Labute approximate surface area is 165 Å². The average Bonchev–Trinajstić information content (AvgIpc) is 3.14. The highest BCUT2D eigenvalue weighted by atomic mass is 32.1. The number of nitrogens with zero attached hydrogens (tertiary/aromatic N) is 1. The average molecular weight is 394 g/mol. The summed E-state index contributed by atoms with van der Waals surface area (Å²) in [4.78, 5) is 18.8. The lowest BCUT2D eigenvalue weighted by Gasteiger charge is -2.11. The number of pyridine rings is 1. The molecule has 0 radical (unpaired) electrons. The van der Waals surface area contributed by atoms with Gasteiger partial charge in [0.1, 0.15) is 22.1 Å². The predicted octanol–water partition coefficient (Wildman–Crippen LogP) is 4.73. The molecule has 7 heteroatoms. The number of carbonyl (C=O) groups is 1. The Morgan fingerprint density at radius 2 is 1.64 bits per heavy atom. The molecule has 0 spiro atoms. The van der Waals surface area contributed by atoms with E-state index in [1.165, 1.54) is 11.3 Å². The van der Waals surface area contributed by atoms with Gasteiger partial charge in [-0.25, -0.2) is 4.98 Å². The largest absolute Gasteiger partial charge is 0.497 e. The van der Waals surface area contributed by atoms with Crippen LogP contribution in [0.5, 0.6) is 17.2 Å². The maximum Gasteiger partial charge on any atom is 0.265 e. The van der Waals surface area contributed by atoms with Crippen molar-refractivity contribution in [2.45, 2.75) is 0 Å². The second-order valence-corrected chi connectivity index (χ2v) is 7.10. The van der Waals surface area contributed by atoms with Crippen molar-refractivity contribution in [2.75, 3.05) is 26.6 Å². The normalized spacial score (nSPS) is 10.8. The van der Waals surface area contributed by atoms with Gasteiger partial charge in [0.25, 0.3) is 5.91 Å². The van der Waals surface area contributed by atoms with Gasteiger partial charge in [-0.3, -0.25) is 4.79 Å². The third-order valence-corrected chi connectivity index (χ3v) is 5.43. The lowest BCUT2D eigenvalue weighted by Crippen LogP contribution is -2.11. The van der Waals surface area contributed by atoms with E-state index in [4.69, 9.17) is 14.2 Å². The first kappa shape index (κ1) is 18.1. The standard InChI is InChI=1S/C21H18N2O4S/c1-25-14-5-4-12-8-13-9-19(28-21(13)23-16(12)10-14)20(24)22-17-11-15(26-2)6-7-18(17)27-3/h4-11H,1-3H3,(H,22,24). The van der Waals surface area contributed by atoms with Crippen molar-refractivity contribution < 1.29 is 19.0 Å². The van der Waals surface area contributed by atoms with Crippen LogP contribution in [0.1, 0.15) is 9.67 Å². The molecule has 6 nitrogen and oxygen atoms in total. The van der Waals surface area contributed by atoms with E-state index in [-0.39, 0.29) is 5.91 Å². The van der Waals surface area contributed by atoms with Crippen molar-refractivity contribution in [1.29, 1.82) is 0 Å². The molecule has 2 aromatic heterocycles. The quantitative estimate of drug-likeness (QED) is 0.530. The topological polar surface area (TPSA) is 69.7 Å². The first-order chi connectivity index (χ1) is 13.6. The SMILES string of the molecule is COc1ccc(OC)c(NC(=O)c2cc3cc4ccc(OC)cc4nc3s2)c1. The Morgan fingerprint density at radius 1 is 0.893 bits per heavy atom. The maximum absolute atomic E-state index is 12.8. The van der Waals surface area contributed by atoms with Crippen LogP contribution >= 0.6 is 11.3 Å². The fraction of sp³-hybridized carbons (Fsp3) is 0.143. The van der Waals surface area contributed by atoms with Crippen molar-refractivity contribution in [1.82, 2.24) is 4.98 Å². The second-order valence-electron chi connectivity index (χ2n) is 6.07. The van der Waals surface area contributed by atoms with Crippen LogP contribution in [-0.2, 0) is 0 Å². The molecule has 2 aromatic carbocycles. The molecular formula is C21H18N2O4S. The lowest BCUT2D eigenvalue weighted by molar-refractivity contribution is 0.103. The third kappa shape index (κ3) is 3.32. The van der Waals surface area contributed by atoms with E-state index in [2.05, 4.69) is 10.3 Å². The van der Waals surface area contributed by atoms with Gasteiger partial charge in [0.05, 0.1) is 37.4 Å². The summed E-state index contributed by atoms with van der Waals surface area (Å²) in [5, 5.41) is 4.81. The van der Waals surface area contributed by atoms with Gasteiger partial charge in [0, 0.05) is 22.9 Å². The second kappa shape index (κ2) is 7.36. The van der Waals surface area contributed by atoms with Crippen molar-refractivity contribution in [3.8, 4) is 17.2 Å². The fourth-order valence-electron chi connectivity index (χ4n) is 2.94. The van der Waals surface area contributed by atoms with Crippen LogP contribution in [0, 0.1) is 0 Å². The molecule has 0 saturated carbocycles. The number of benzene rings is 2. The van der Waals surface area contributed by atoms with Crippen LogP contribution in [0.4, 0.5) is 5.69 Å². The molecule has 0 atom stereocenters. The van der Waals surface area contributed by atoms with Gasteiger partial charge in [0.15, 0.2) is 0 Å². The van der Waals surface area contributed by atoms with Crippen LogP contribution in [0.3, 0.4) is 0 Å². The number of methoxy groups -OCH3 is 3. The number of hydrogen-bond donors (Lipinski definition) is 1. The van der Waals surface area contributed by atoms with Crippen LogP contribution in [0.25, 0.3) is 21.1 Å². The van der Waals surface area contributed by atoms with E-state index in [0.29, 0.717) is 22.1 Å². The van der Waals surface area contributed by atoms with Gasteiger partial charge in [-0.05, 0) is 36.4 Å². The maximum atomic E-state index is 12.8. The van der Waals surface area contributed by atoms with Gasteiger partial charge in [-0.15, -0.1) is 11.3 Å². The zero-order chi connectivity index (χ0) is 19.7. The van der Waals surface area contributed by atoms with E-state index in [9.17, 15) is 4.79 Å². The Bertz CT molecular complexity index is 1190. The zero-order valence-electron chi connectivity index (χ0n) is 15.6. The van der Waals surface area contributed by atoms with E-state index >= 15 is 0 Å². The molecule has 2 heterocycles. The smallest absolute Gasteiger partial charge is 0.265 e. The first-order valence-electron chi connectivity index (χ1n) is 8.53. The highest BCUT2D eigenvalue weighted by molar-refractivity contribution is 7.20. The number of hydrogen-bond acceptors (Lipinski definition) is 6. The number of amides is 1.